The van der Waals surface area contributed by atoms with Gasteiger partial charge in [-0.2, -0.15) is 5.10 Å². The third kappa shape index (κ3) is 4.03. The van der Waals surface area contributed by atoms with Gasteiger partial charge in [-0.15, -0.1) is 0 Å². The minimum absolute atomic E-state index is 0.122. The van der Waals surface area contributed by atoms with Gasteiger partial charge in [-0.05, 0) is 44.7 Å². The maximum atomic E-state index is 12.6. The molecule has 1 amide bonds. The molecule has 0 atom stereocenters. The molecule has 3 aromatic rings. The fourth-order valence-corrected chi connectivity index (χ4v) is 3.01. The number of nitrogens with zero attached hydrogens (tertiary/aromatic N) is 3. The Labute approximate surface area is 153 Å². The number of rotatable bonds is 6. The number of hydrogen-bond donors (Lipinski definition) is 1. The first-order chi connectivity index (χ1) is 12.4. The second-order valence-corrected chi connectivity index (χ2v) is 6.63. The van der Waals surface area contributed by atoms with Crippen LogP contribution < -0.4 is 5.32 Å². The van der Waals surface area contributed by atoms with Crippen molar-refractivity contribution >= 4 is 11.6 Å². The van der Waals surface area contributed by atoms with Crippen LogP contribution in [-0.2, 0) is 20.1 Å². The number of carbonyl (C=O) groups is 1. The summed E-state index contributed by atoms with van der Waals surface area (Å²) in [7, 11) is 3.91. The number of amides is 1. The Morgan fingerprint density at radius 3 is 2.65 bits per heavy atom. The van der Waals surface area contributed by atoms with Crippen molar-refractivity contribution in [3.63, 3.8) is 0 Å². The summed E-state index contributed by atoms with van der Waals surface area (Å²) >= 11 is 0. The highest BCUT2D eigenvalue weighted by Crippen LogP contribution is 2.20. The highest BCUT2D eigenvalue weighted by Gasteiger charge is 2.14. The van der Waals surface area contributed by atoms with E-state index in [0.717, 1.165) is 41.3 Å². The molecule has 0 spiro atoms. The van der Waals surface area contributed by atoms with Crippen molar-refractivity contribution in [2.24, 2.45) is 7.05 Å². The van der Waals surface area contributed by atoms with Crippen molar-refractivity contribution in [1.29, 1.82) is 0 Å². The molecule has 0 aliphatic heterocycles. The highest BCUT2D eigenvalue weighted by molar-refractivity contribution is 6.05. The normalized spacial score (nSPS) is 11.1. The molecule has 0 bridgehead atoms. The predicted octanol–water partition coefficient (Wildman–Crippen LogP) is 3.51. The molecule has 6 heteroatoms. The lowest BCUT2D eigenvalue weighted by Crippen LogP contribution is -2.18. The summed E-state index contributed by atoms with van der Waals surface area (Å²) in [5, 5.41) is 7.32. The maximum absolute atomic E-state index is 12.6. The maximum Gasteiger partial charge on any atom is 0.255 e. The minimum atomic E-state index is -0.122. The highest BCUT2D eigenvalue weighted by atomic mass is 16.3. The summed E-state index contributed by atoms with van der Waals surface area (Å²) in [6.07, 6.45) is 3.43. The van der Waals surface area contributed by atoms with E-state index in [-0.39, 0.29) is 5.91 Å². The van der Waals surface area contributed by atoms with E-state index < -0.39 is 0 Å². The van der Waals surface area contributed by atoms with E-state index in [4.69, 9.17) is 4.42 Å². The van der Waals surface area contributed by atoms with Crippen LogP contribution in [0.25, 0.3) is 0 Å². The van der Waals surface area contributed by atoms with Gasteiger partial charge in [0.2, 0.25) is 0 Å². The molecule has 6 nitrogen and oxygen atoms in total. The summed E-state index contributed by atoms with van der Waals surface area (Å²) in [5.74, 6) is -0.122. The number of aryl methyl sites for hydroxylation is 2. The van der Waals surface area contributed by atoms with Crippen LogP contribution >= 0.6 is 0 Å². The van der Waals surface area contributed by atoms with Crippen molar-refractivity contribution < 1.29 is 9.21 Å². The summed E-state index contributed by atoms with van der Waals surface area (Å²) in [6.45, 7) is 5.37. The molecule has 0 radical (unpaired) electrons. The Bertz CT molecular complexity index is 897. The van der Waals surface area contributed by atoms with Gasteiger partial charge in [-0.3, -0.25) is 14.4 Å². The van der Waals surface area contributed by atoms with Crippen LogP contribution in [0, 0.1) is 13.8 Å². The molecule has 3 rings (SSSR count). The van der Waals surface area contributed by atoms with Crippen LogP contribution in [0.3, 0.4) is 0 Å². The summed E-state index contributed by atoms with van der Waals surface area (Å²) in [5.41, 5.74) is 5.38. The van der Waals surface area contributed by atoms with E-state index in [9.17, 15) is 4.79 Å². The van der Waals surface area contributed by atoms with Gasteiger partial charge in [0, 0.05) is 31.3 Å². The third-order valence-corrected chi connectivity index (χ3v) is 4.42. The van der Waals surface area contributed by atoms with Crippen molar-refractivity contribution in [3.8, 4) is 0 Å². The van der Waals surface area contributed by atoms with E-state index in [1.165, 1.54) is 0 Å². The molecule has 26 heavy (non-hydrogen) atoms. The number of benzene rings is 1. The van der Waals surface area contributed by atoms with Gasteiger partial charge in [0.25, 0.3) is 5.91 Å². The molecule has 0 saturated heterocycles. The number of nitrogens with one attached hydrogen (secondary N) is 1. The van der Waals surface area contributed by atoms with Crippen LogP contribution in [0.15, 0.2) is 47.3 Å². The smallest absolute Gasteiger partial charge is 0.255 e. The Morgan fingerprint density at radius 2 is 2.00 bits per heavy atom. The van der Waals surface area contributed by atoms with Crippen LogP contribution in [0.5, 0.6) is 0 Å². The van der Waals surface area contributed by atoms with Crippen LogP contribution in [0.1, 0.15) is 32.9 Å². The van der Waals surface area contributed by atoms with Gasteiger partial charge in [0.1, 0.15) is 0 Å². The average Bonchev–Trinajstić information content (AvgIpc) is 3.19. The third-order valence-electron chi connectivity index (χ3n) is 4.42. The number of aromatic nitrogens is 2. The van der Waals surface area contributed by atoms with E-state index in [1.807, 2.05) is 58.3 Å². The first kappa shape index (κ1) is 17.9. The summed E-state index contributed by atoms with van der Waals surface area (Å²) in [6, 6.07) is 9.67. The fraction of sp³-hybridized carbons (Fsp3) is 0.300. The molecular formula is C20H24N4O2. The van der Waals surface area contributed by atoms with Gasteiger partial charge in [0.15, 0.2) is 0 Å². The molecule has 2 heterocycles. The second-order valence-electron chi connectivity index (χ2n) is 6.63. The van der Waals surface area contributed by atoms with Gasteiger partial charge in [-0.1, -0.05) is 12.1 Å². The SMILES string of the molecule is Cc1nn(C)c(C)c1NC(=O)c1cccc(CN(C)Cc2ccoc2)c1. The quantitative estimate of drug-likeness (QED) is 0.737. The van der Waals surface area contributed by atoms with E-state index >= 15 is 0 Å². The monoisotopic (exact) mass is 352 g/mol. The largest absolute Gasteiger partial charge is 0.472 e. The lowest BCUT2D eigenvalue weighted by molar-refractivity contribution is 0.102. The molecule has 0 saturated carbocycles. The van der Waals surface area contributed by atoms with Crippen molar-refractivity contribution in [3.05, 3.63) is 70.9 Å². The first-order valence-electron chi connectivity index (χ1n) is 8.54. The molecule has 0 fully saturated rings. The fourth-order valence-electron chi connectivity index (χ4n) is 3.01. The first-order valence-corrected chi connectivity index (χ1v) is 8.54. The molecule has 1 N–H and O–H groups in total. The van der Waals surface area contributed by atoms with E-state index in [2.05, 4.69) is 15.3 Å². The van der Waals surface area contributed by atoms with Gasteiger partial charge >= 0.3 is 0 Å². The standard InChI is InChI=1S/C20H24N4O2/c1-14-19(15(2)24(4)22-14)21-20(25)18-7-5-6-16(10-18)11-23(3)12-17-8-9-26-13-17/h5-10,13H,11-12H2,1-4H3,(H,21,25). The van der Waals surface area contributed by atoms with Crippen molar-refractivity contribution in [1.82, 2.24) is 14.7 Å². The van der Waals surface area contributed by atoms with Gasteiger partial charge < -0.3 is 9.73 Å². The Morgan fingerprint density at radius 1 is 1.23 bits per heavy atom. The number of carbonyl (C=O) groups excluding carboxylic acids is 1. The summed E-state index contributed by atoms with van der Waals surface area (Å²) < 4.78 is 6.88. The lowest BCUT2D eigenvalue weighted by Gasteiger charge is -2.16. The number of anilines is 1. The molecular weight excluding hydrogens is 328 g/mol. The van der Waals surface area contributed by atoms with Crippen molar-refractivity contribution in [2.75, 3.05) is 12.4 Å². The van der Waals surface area contributed by atoms with E-state index in [1.54, 1.807) is 17.2 Å². The zero-order valence-corrected chi connectivity index (χ0v) is 15.6. The zero-order valence-electron chi connectivity index (χ0n) is 15.6. The predicted molar refractivity (Wildman–Crippen MR) is 101 cm³/mol. The average molecular weight is 352 g/mol. The van der Waals surface area contributed by atoms with Crippen molar-refractivity contribution in [2.45, 2.75) is 26.9 Å². The molecule has 2 aromatic heterocycles. The number of furan rings is 1. The topological polar surface area (TPSA) is 63.3 Å². The molecule has 0 aliphatic rings. The van der Waals surface area contributed by atoms with Gasteiger partial charge in [0.05, 0.1) is 29.6 Å². The Kier molecular flexibility index (Phi) is 5.23. The summed E-state index contributed by atoms with van der Waals surface area (Å²) in [4.78, 5) is 14.8. The van der Waals surface area contributed by atoms with Crippen LogP contribution in [0.4, 0.5) is 5.69 Å². The molecule has 0 aliphatic carbocycles. The molecule has 136 valence electrons. The molecule has 1 aromatic carbocycles. The Hall–Kier alpha value is -2.86. The van der Waals surface area contributed by atoms with Crippen LogP contribution in [0.2, 0.25) is 0 Å². The van der Waals surface area contributed by atoms with Crippen LogP contribution in [-0.4, -0.2) is 27.6 Å². The van der Waals surface area contributed by atoms with Gasteiger partial charge in [-0.25, -0.2) is 0 Å². The second kappa shape index (κ2) is 7.58. The Balaban J connectivity index is 1.69. The minimum Gasteiger partial charge on any atom is -0.472 e. The zero-order chi connectivity index (χ0) is 18.7. The lowest BCUT2D eigenvalue weighted by atomic mass is 10.1. The molecule has 0 unspecified atom stereocenters. The number of hydrogen-bond acceptors (Lipinski definition) is 4. The van der Waals surface area contributed by atoms with E-state index in [0.29, 0.717) is 5.56 Å².